The van der Waals surface area contributed by atoms with Crippen LogP contribution in [0, 0.1) is 0 Å². The molecule has 442 valence electrons. The van der Waals surface area contributed by atoms with Crippen molar-refractivity contribution in [2.75, 3.05) is 40.9 Å². The number of unbranched alkanes of at least 4 members (excludes halogenated alkanes) is 31. The van der Waals surface area contributed by atoms with E-state index in [1.807, 2.05) is 33.3 Å². The van der Waals surface area contributed by atoms with Crippen molar-refractivity contribution in [3.63, 3.8) is 0 Å². The summed E-state index contributed by atoms with van der Waals surface area (Å²) in [6, 6.07) is -0.912. The van der Waals surface area contributed by atoms with Gasteiger partial charge in [0.25, 0.3) is 7.82 Å². The molecule has 3 unspecified atom stereocenters. The fourth-order valence-electron chi connectivity index (χ4n) is 8.92. The smallest absolute Gasteiger partial charge is 0.306 e. The molecule has 0 aromatic heterocycles. The van der Waals surface area contributed by atoms with E-state index in [9.17, 15) is 19.0 Å². The molecule has 0 saturated carbocycles. The number of amides is 1. The molecule has 3 atom stereocenters. The molecule has 0 rings (SSSR count). The van der Waals surface area contributed by atoms with Crippen LogP contribution in [0.15, 0.2) is 72.9 Å². The second-order valence-corrected chi connectivity index (χ2v) is 24.0. The number of ether oxygens (including phenoxy) is 1. The molecule has 10 heteroatoms. The molecule has 0 aromatic carbocycles. The fourth-order valence-corrected chi connectivity index (χ4v) is 9.64. The van der Waals surface area contributed by atoms with Crippen LogP contribution in [0.5, 0.6) is 0 Å². The number of allylic oxidation sites excluding steroid dienone is 11. The number of nitrogens with one attached hydrogen (secondary N) is 1. The molecular formula is C66H121N2O7P. The summed E-state index contributed by atoms with van der Waals surface area (Å²) in [5.74, 6) is -0.603. The van der Waals surface area contributed by atoms with Crippen LogP contribution in [-0.2, 0) is 27.9 Å². The Morgan fingerprint density at radius 3 is 1.26 bits per heavy atom. The minimum absolute atomic E-state index is 0.0323. The summed E-state index contributed by atoms with van der Waals surface area (Å²) >= 11 is 0. The number of likely N-dealkylation sites (N-methyl/N-ethyl adjacent to an activating group) is 1. The first-order chi connectivity index (χ1) is 36.9. The second-order valence-electron chi connectivity index (χ2n) is 22.6. The number of rotatable bonds is 57. The van der Waals surface area contributed by atoms with Crippen LogP contribution >= 0.6 is 7.82 Å². The molecule has 0 heterocycles. The van der Waals surface area contributed by atoms with Crippen molar-refractivity contribution >= 4 is 19.7 Å². The Morgan fingerprint density at radius 1 is 0.461 bits per heavy atom. The highest BCUT2D eigenvalue weighted by molar-refractivity contribution is 7.45. The molecule has 76 heavy (non-hydrogen) atoms. The molecule has 0 fully saturated rings. The highest BCUT2D eigenvalue weighted by Crippen LogP contribution is 2.38. The Balaban J connectivity index is 5.29. The van der Waals surface area contributed by atoms with E-state index in [4.69, 9.17) is 13.8 Å². The first kappa shape index (κ1) is 73.5. The Morgan fingerprint density at radius 2 is 0.816 bits per heavy atom. The van der Waals surface area contributed by atoms with E-state index < -0.39 is 32.5 Å². The minimum atomic E-state index is -4.71. The van der Waals surface area contributed by atoms with E-state index in [-0.39, 0.29) is 18.9 Å². The maximum absolute atomic E-state index is 13.5. The largest absolute Gasteiger partial charge is 0.756 e. The van der Waals surface area contributed by atoms with Crippen molar-refractivity contribution in [3.05, 3.63) is 72.9 Å². The predicted octanol–water partition coefficient (Wildman–Crippen LogP) is 19.0. The van der Waals surface area contributed by atoms with Gasteiger partial charge in [-0.3, -0.25) is 14.2 Å². The van der Waals surface area contributed by atoms with Gasteiger partial charge in [-0.05, 0) is 96.0 Å². The Labute approximate surface area is 470 Å². The number of esters is 1. The van der Waals surface area contributed by atoms with E-state index in [0.29, 0.717) is 23.9 Å². The monoisotopic (exact) mass is 1080 g/mol. The van der Waals surface area contributed by atoms with Crippen molar-refractivity contribution in [2.24, 2.45) is 0 Å². The lowest BCUT2D eigenvalue weighted by atomic mass is 10.0. The number of hydrogen-bond acceptors (Lipinski definition) is 7. The van der Waals surface area contributed by atoms with E-state index in [1.165, 1.54) is 180 Å². The zero-order chi connectivity index (χ0) is 55.7. The van der Waals surface area contributed by atoms with Gasteiger partial charge in [0.15, 0.2) is 0 Å². The van der Waals surface area contributed by atoms with Crippen LogP contribution < -0.4 is 10.2 Å². The lowest BCUT2D eigenvalue weighted by Gasteiger charge is -2.30. The predicted molar refractivity (Wildman–Crippen MR) is 325 cm³/mol. The summed E-state index contributed by atoms with van der Waals surface area (Å²) in [5.41, 5.74) is 0. The van der Waals surface area contributed by atoms with Crippen molar-refractivity contribution in [3.8, 4) is 0 Å². The van der Waals surface area contributed by atoms with Gasteiger partial charge in [-0.15, -0.1) is 0 Å². The van der Waals surface area contributed by atoms with Crippen molar-refractivity contribution in [1.82, 2.24) is 5.32 Å². The van der Waals surface area contributed by atoms with E-state index in [1.54, 1.807) is 0 Å². The molecule has 0 aliphatic rings. The highest BCUT2D eigenvalue weighted by Gasteiger charge is 2.27. The fraction of sp³-hybridized carbons (Fsp3) is 0.788. The highest BCUT2D eigenvalue weighted by atomic mass is 31.2. The molecule has 0 saturated heterocycles. The molecule has 1 N–H and O–H groups in total. The van der Waals surface area contributed by atoms with Gasteiger partial charge in [-0.25, -0.2) is 0 Å². The van der Waals surface area contributed by atoms with Crippen LogP contribution in [0.3, 0.4) is 0 Å². The first-order valence-corrected chi connectivity index (χ1v) is 33.2. The van der Waals surface area contributed by atoms with Gasteiger partial charge in [0, 0.05) is 12.8 Å². The molecule has 0 bridgehead atoms. The second kappa shape index (κ2) is 55.8. The van der Waals surface area contributed by atoms with Gasteiger partial charge < -0.3 is 28.5 Å². The summed E-state index contributed by atoms with van der Waals surface area (Å²) in [4.78, 5) is 40.0. The lowest BCUT2D eigenvalue weighted by molar-refractivity contribution is -0.870. The van der Waals surface area contributed by atoms with Gasteiger partial charge in [0.05, 0.1) is 33.8 Å². The summed E-state index contributed by atoms with van der Waals surface area (Å²) < 4.78 is 30.3. The molecule has 0 aliphatic carbocycles. The topological polar surface area (TPSA) is 114 Å². The number of phosphoric acid groups is 1. The number of hydrogen-bond donors (Lipinski definition) is 1. The summed E-state index contributed by atoms with van der Waals surface area (Å²) in [6.07, 6.45) is 71.6. The first-order valence-electron chi connectivity index (χ1n) is 31.7. The van der Waals surface area contributed by atoms with Crippen molar-refractivity contribution < 1.29 is 37.3 Å². The number of quaternary nitrogens is 1. The van der Waals surface area contributed by atoms with Gasteiger partial charge in [0.1, 0.15) is 19.3 Å². The average molecular weight is 1090 g/mol. The molecule has 0 aliphatic heterocycles. The molecule has 0 aromatic rings. The maximum Gasteiger partial charge on any atom is 0.306 e. The van der Waals surface area contributed by atoms with Crippen LogP contribution in [0.2, 0.25) is 0 Å². The van der Waals surface area contributed by atoms with E-state index >= 15 is 0 Å². The minimum Gasteiger partial charge on any atom is -0.756 e. The normalized spacial score (nSPS) is 14.1. The summed E-state index contributed by atoms with van der Waals surface area (Å²) in [5, 5.41) is 3.02. The van der Waals surface area contributed by atoms with Crippen LogP contribution in [0.1, 0.15) is 284 Å². The molecule has 0 radical (unpaired) electrons. The molecular weight excluding hydrogens is 964 g/mol. The van der Waals surface area contributed by atoms with E-state index in [2.05, 4.69) is 86.8 Å². The standard InChI is InChI=1S/C66H121N2O7P/c1-7-10-13-16-19-22-25-28-30-32-33-34-35-37-38-40-43-46-49-52-55-58-65(69)67-63(62-74-76(71,72)73-61-60-68(4,5)6)64(57-54-51-48-45-42-27-24-21-18-15-12-9-3)75-66(70)59-56-53-50-47-44-41-39-36-31-29-26-23-20-17-14-11-8-2/h20,23,28-31,39,41,47,50,54,57,63-64H,7-19,21-22,24-27,32-38,40,42-46,48-49,51-53,55-56,58-62H2,1-6H3,(H-,67,69,71,72)/b23-20-,30-28+,31-29-,41-39-,50-47-,57-54-. The quantitative estimate of drug-likeness (QED) is 0.0212. The van der Waals surface area contributed by atoms with Gasteiger partial charge in [0.2, 0.25) is 5.91 Å². The maximum atomic E-state index is 13.5. The Hall–Kier alpha value is -2.55. The third-order valence-corrected chi connectivity index (χ3v) is 14.8. The van der Waals surface area contributed by atoms with Gasteiger partial charge >= 0.3 is 5.97 Å². The number of phosphoric ester groups is 1. The third-order valence-electron chi connectivity index (χ3n) is 13.9. The average Bonchev–Trinajstić information content (AvgIpc) is 3.38. The molecule has 1 amide bonds. The number of carbonyl (C=O) groups is 2. The lowest BCUT2D eigenvalue weighted by Crippen LogP contribution is -2.47. The Bertz CT molecular complexity index is 1530. The number of nitrogens with zero attached hydrogens (tertiary/aromatic N) is 1. The third kappa shape index (κ3) is 56.2. The van der Waals surface area contributed by atoms with Crippen molar-refractivity contribution in [2.45, 2.75) is 296 Å². The van der Waals surface area contributed by atoms with Crippen LogP contribution in [-0.4, -0.2) is 69.4 Å². The zero-order valence-corrected chi connectivity index (χ0v) is 51.3. The molecule has 9 nitrogen and oxygen atoms in total. The van der Waals surface area contributed by atoms with Crippen LogP contribution in [0.25, 0.3) is 0 Å². The zero-order valence-electron chi connectivity index (χ0n) is 50.4. The molecule has 0 spiro atoms. The summed E-state index contributed by atoms with van der Waals surface area (Å²) in [6.45, 7) is 6.79. The SMILES string of the molecule is CCCCC/C=C\C/C=C\C/C=C\C/C=C\CCCC(=O)OC(/C=C\CCCCCCCCCCCC)C(COP(=O)([O-])OCC[N+](C)(C)C)NC(=O)CCCCCCCCCCCCC/C=C/CCCCCCCC. The number of carbonyl (C=O) groups excluding carboxylic acids is 2. The van der Waals surface area contributed by atoms with Gasteiger partial charge in [-0.2, -0.15) is 0 Å². The van der Waals surface area contributed by atoms with E-state index in [0.717, 1.165) is 64.2 Å². The van der Waals surface area contributed by atoms with Gasteiger partial charge in [-0.1, -0.05) is 248 Å². The van der Waals surface area contributed by atoms with Crippen LogP contribution in [0.4, 0.5) is 0 Å². The Kier molecular flexibility index (Phi) is 53.9. The summed E-state index contributed by atoms with van der Waals surface area (Å²) in [7, 11) is 1.16. The van der Waals surface area contributed by atoms with Crippen molar-refractivity contribution in [1.29, 1.82) is 0 Å².